The molecule has 0 bridgehead atoms. The van der Waals surface area contributed by atoms with Crippen molar-refractivity contribution in [2.45, 2.75) is 13.3 Å². The molecule has 32 heavy (non-hydrogen) atoms. The summed E-state index contributed by atoms with van der Waals surface area (Å²) in [6.45, 7) is 4.50. The van der Waals surface area contributed by atoms with Gasteiger partial charge >= 0.3 is 0 Å². The fraction of sp³-hybridized carbons (Fsp3) is 0.280. The lowest BCUT2D eigenvalue weighted by atomic mass is 10.1. The number of aryl methyl sites for hydroxylation is 1. The predicted molar refractivity (Wildman–Crippen MR) is 127 cm³/mol. The summed E-state index contributed by atoms with van der Waals surface area (Å²) < 4.78 is 10.5. The maximum Gasteiger partial charge on any atom is 0.265 e. The Kier molecular flexibility index (Phi) is 6.87. The SMILES string of the molecule is COc1ccc(-c2cc(C(=O)Nc3ccc(CC(=O)N4CCOCC4)cc3)sc2C)cc1. The van der Waals surface area contributed by atoms with E-state index in [1.807, 2.05) is 66.4 Å². The van der Waals surface area contributed by atoms with E-state index in [1.165, 1.54) is 11.3 Å². The minimum atomic E-state index is -0.144. The van der Waals surface area contributed by atoms with Crippen LogP contribution in [-0.4, -0.2) is 50.1 Å². The molecule has 0 spiro atoms. The van der Waals surface area contributed by atoms with Gasteiger partial charge in [-0.25, -0.2) is 0 Å². The van der Waals surface area contributed by atoms with Crippen molar-refractivity contribution in [1.29, 1.82) is 0 Å². The smallest absolute Gasteiger partial charge is 0.265 e. The molecular formula is C25H26N2O4S. The number of ether oxygens (including phenoxy) is 2. The van der Waals surface area contributed by atoms with E-state index in [-0.39, 0.29) is 11.8 Å². The Morgan fingerprint density at radius 1 is 1.06 bits per heavy atom. The lowest BCUT2D eigenvalue weighted by Crippen LogP contribution is -2.41. The number of nitrogens with one attached hydrogen (secondary N) is 1. The van der Waals surface area contributed by atoms with Gasteiger partial charge in [0.05, 0.1) is 31.6 Å². The maximum absolute atomic E-state index is 12.8. The zero-order chi connectivity index (χ0) is 22.5. The molecule has 4 rings (SSSR count). The van der Waals surface area contributed by atoms with Gasteiger partial charge in [-0.05, 0) is 53.9 Å². The van der Waals surface area contributed by atoms with Gasteiger partial charge < -0.3 is 19.7 Å². The molecule has 0 saturated carbocycles. The molecule has 166 valence electrons. The third-order valence-electron chi connectivity index (χ3n) is 5.47. The van der Waals surface area contributed by atoms with Crippen molar-refractivity contribution < 1.29 is 19.1 Å². The van der Waals surface area contributed by atoms with Crippen LogP contribution in [0.2, 0.25) is 0 Å². The molecule has 3 aromatic rings. The number of carbonyl (C=O) groups excluding carboxylic acids is 2. The van der Waals surface area contributed by atoms with E-state index in [2.05, 4.69) is 5.32 Å². The second-order valence-corrected chi connectivity index (χ2v) is 8.89. The van der Waals surface area contributed by atoms with Crippen LogP contribution >= 0.6 is 11.3 Å². The normalized spacial score (nSPS) is 13.6. The van der Waals surface area contributed by atoms with Crippen molar-refractivity contribution >= 4 is 28.8 Å². The standard InChI is InChI=1S/C25H26N2O4S/c1-17-22(19-5-9-21(30-2)10-6-19)16-23(32-17)25(29)26-20-7-3-18(4-8-20)15-24(28)27-11-13-31-14-12-27/h3-10,16H,11-15H2,1-2H3,(H,26,29). The summed E-state index contributed by atoms with van der Waals surface area (Å²) >= 11 is 1.47. The minimum Gasteiger partial charge on any atom is -0.497 e. The predicted octanol–water partition coefficient (Wildman–Crippen LogP) is 4.39. The molecule has 0 unspecified atom stereocenters. The Balaban J connectivity index is 1.39. The highest BCUT2D eigenvalue weighted by Gasteiger charge is 2.17. The third kappa shape index (κ3) is 5.18. The van der Waals surface area contributed by atoms with E-state index in [0.717, 1.165) is 27.3 Å². The van der Waals surface area contributed by atoms with Gasteiger partial charge in [0.15, 0.2) is 0 Å². The summed E-state index contributed by atoms with van der Waals surface area (Å²) in [4.78, 5) is 28.8. The lowest BCUT2D eigenvalue weighted by Gasteiger charge is -2.26. The van der Waals surface area contributed by atoms with Crippen LogP contribution < -0.4 is 10.1 Å². The number of benzene rings is 2. The molecule has 1 fully saturated rings. The van der Waals surface area contributed by atoms with E-state index < -0.39 is 0 Å². The summed E-state index contributed by atoms with van der Waals surface area (Å²) in [6.07, 6.45) is 0.351. The number of nitrogens with zero attached hydrogens (tertiary/aromatic N) is 1. The second-order valence-electron chi connectivity index (χ2n) is 7.63. The highest BCUT2D eigenvalue weighted by Crippen LogP contribution is 2.32. The summed E-state index contributed by atoms with van der Waals surface area (Å²) in [5.74, 6) is 0.759. The van der Waals surface area contributed by atoms with Gasteiger partial charge in [-0.15, -0.1) is 11.3 Å². The number of hydrogen-bond donors (Lipinski definition) is 1. The Morgan fingerprint density at radius 2 is 1.75 bits per heavy atom. The highest BCUT2D eigenvalue weighted by atomic mass is 32.1. The number of morpholine rings is 1. The largest absolute Gasteiger partial charge is 0.497 e. The molecule has 0 atom stereocenters. The van der Waals surface area contributed by atoms with Crippen LogP contribution in [0.1, 0.15) is 20.1 Å². The fourth-order valence-corrected chi connectivity index (χ4v) is 4.59. The molecule has 2 aromatic carbocycles. The van der Waals surface area contributed by atoms with Crippen LogP contribution in [0, 0.1) is 6.92 Å². The molecule has 1 N–H and O–H groups in total. The van der Waals surface area contributed by atoms with Crippen molar-refractivity contribution in [3.8, 4) is 16.9 Å². The van der Waals surface area contributed by atoms with Crippen molar-refractivity contribution in [3.63, 3.8) is 0 Å². The van der Waals surface area contributed by atoms with Gasteiger partial charge in [-0.1, -0.05) is 24.3 Å². The number of methoxy groups -OCH3 is 1. The summed E-state index contributed by atoms with van der Waals surface area (Å²) in [5.41, 5.74) is 3.72. The fourth-order valence-electron chi connectivity index (χ4n) is 3.65. The first-order valence-corrected chi connectivity index (χ1v) is 11.4. The molecule has 2 amide bonds. The lowest BCUT2D eigenvalue weighted by molar-refractivity contribution is -0.134. The Hall–Kier alpha value is -3.16. The molecule has 0 aliphatic carbocycles. The topological polar surface area (TPSA) is 67.9 Å². The molecular weight excluding hydrogens is 424 g/mol. The average molecular weight is 451 g/mol. The molecule has 6 nitrogen and oxygen atoms in total. The first kappa shape index (κ1) is 22.0. The Labute approximate surface area is 191 Å². The van der Waals surface area contributed by atoms with Crippen molar-refractivity contribution in [3.05, 3.63) is 69.9 Å². The first-order chi connectivity index (χ1) is 15.5. The van der Waals surface area contributed by atoms with E-state index in [0.29, 0.717) is 43.3 Å². The number of carbonyl (C=O) groups is 2. The third-order valence-corrected chi connectivity index (χ3v) is 6.52. The molecule has 1 aromatic heterocycles. The first-order valence-electron chi connectivity index (χ1n) is 10.5. The maximum atomic E-state index is 12.8. The van der Waals surface area contributed by atoms with E-state index in [9.17, 15) is 9.59 Å². The van der Waals surface area contributed by atoms with E-state index in [4.69, 9.17) is 9.47 Å². The quantitative estimate of drug-likeness (QED) is 0.605. The molecule has 2 heterocycles. The van der Waals surface area contributed by atoms with Crippen LogP contribution in [0.5, 0.6) is 5.75 Å². The number of hydrogen-bond acceptors (Lipinski definition) is 5. The zero-order valence-electron chi connectivity index (χ0n) is 18.2. The number of thiophene rings is 1. The second kappa shape index (κ2) is 9.97. The summed E-state index contributed by atoms with van der Waals surface area (Å²) in [6, 6.07) is 17.2. The molecule has 7 heteroatoms. The minimum absolute atomic E-state index is 0.102. The Bertz CT molecular complexity index is 1080. The van der Waals surface area contributed by atoms with Gasteiger partial charge in [0.2, 0.25) is 5.91 Å². The van der Waals surface area contributed by atoms with Gasteiger partial charge in [0.25, 0.3) is 5.91 Å². The molecule has 1 aliphatic rings. The highest BCUT2D eigenvalue weighted by molar-refractivity contribution is 7.14. The van der Waals surface area contributed by atoms with Gasteiger partial charge in [-0.2, -0.15) is 0 Å². The number of rotatable bonds is 6. The molecule has 0 radical (unpaired) electrons. The van der Waals surface area contributed by atoms with Crippen LogP contribution in [0.3, 0.4) is 0 Å². The van der Waals surface area contributed by atoms with Crippen LogP contribution in [-0.2, 0) is 16.0 Å². The average Bonchev–Trinajstić information content (AvgIpc) is 3.22. The van der Waals surface area contributed by atoms with Gasteiger partial charge in [-0.3, -0.25) is 9.59 Å². The monoisotopic (exact) mass is 450 g/mol. The van der Waals surface area contributed by atoms with Gasteiger partial charge in [0.1, 0.15) is 5.75 Å². The van der Waals surface area contributed by atoms with Crippen molar-refractivity contribution in [2.24, 2.45) is 0 Å². The number of anilines is 1. The van der Waals surface area contributed by atoms with Crippen LogP contribution in [0.15, 0.2) is 54.6 Å². The van der Waals surface area contributed by atoms with E-state index >= 15 is 0 Å². The van der Waals surface area contributed by atoms with Gasteiger partial charge in [0, 0.05) is 23.7 Å². The molecule has 1 saturated heterocycles. The number of amides is 2. The summed E-state index contributed by atoms with van der Waals surface area (Å²) in [7, 11) is 1.64. The van der Waals surface area contributed by atoms with Crippen molar-refractivity contribution in [2.75, 3.05) is 38.7 Å². The molecule has 1 aliphatic heterocycles. The van der Waals surface area contributed by atoms with Crippen molar-refractivity contribution in [1.82, 2.24) is 4.90 Å². The zero-order valence-corrected chi connectivity index (χ0v) is 19.0. The summed E-state index contributed by atoms with van der Waals surface area (Å²) in [5, 5.41) is 2.95. The van der Waals surface area contributed by atoms with Crippen LogP contribution in [0.4, 0.5) is 5.69 Å². The Morgan fingerprint density at radius 3 is 2.41 bits per heavy atom. The van der Waals surface area contributed by atoms with Crippen LogP contribution in [0.25, 0.3) is 11.1 Å². The van der Waals surface area contributed by atoms with E-state index in [1.54, 1.807) is 7.11 Å².